The second-order valence-corrected chi connectivity index (χ2v) is 5.36. The van der Waals surface area contributed by atoms with Crippen LogP contribution in [0.4, 0.5) is 0 Å². The topological polar surface area (TPSA) is 17.1 Å². The summed E-state index contributed by atoms with van der Waals surface area (Å²) in [6.45, 7) is 4.44. The highest BCUT2D eigenvalue weighted by Crippen LogP contribution is 2.36. The summed E-state index contributed by atoms with van der Waals surface area (Å²) >= 11 is 0. The molecule has 0 aliphatic heterocycles. The lowest BCUT2D eigenvalue weighted by molar-refractivity contribution is -0.128. The summed E-state index contributed by atoms with van der Waals surface area (Å²) < 4.78 is 0. The van der Waals surface area contributed by atoms with E-state index in [1.54, 1.807) is 0 Å². The molecule has 0 unspecified atom stereocenters. The van der Waals surface area contributed by atoms with Crippen molar-refractivity contribution in [1.29, 1.82) is 0 Å². The fraction of sp³-hybridized carbons (Fsp3) is 0.929. The Morgan fingerprint density at radius 3 is 2.67 bits per heavy atom. The molecule has 0 aromatic carbocycles. The number of carbonyl (C=O) groups is 1. The summed E-state index contributed by atoms with van der Waals surface area (Å²) in [5.74, 6) is 0.538. The van der Waals surface area contributed by atoms with Gasteiger partial charge in [0.25, 0.3) is 0 Å². The van der Waals surface area contributed by atoms with Gasteiger partial charge in [-0.1, -0.05) is 52.4 Å². The Labute approximate surface area is 94.6 Å². The molecule has 0 aromatic rings. The van der Waals surface area contributed by atoms with E-state index >= 15 is 0 Å². The molecule has 1 saturated carbocycles. The van der Waals surface area contributed by atoms with Crippen LogP contribution in [0, 0.1) is 5.41 Å². The zero-order valence-electron chi connectivity index (χ0n) is 10.5. The van der Waals surface area contributed by atoms with Gasteiger partial charge in [-0.05, 0) is 19.3 Å². The van der Waals surface area contributed by atoms with E-state index in [-0.39, 0.29) is 5.41 Å². The first-order valence-corrected chi connectivity index (χ1v) is 6.72. The van der Waals surface area contributed by atoms with Gasteiger partial charge in [-0.15, -0.1) is 0 Å². The maximum Gasteiger partial charge on any atom is 0.138 e. The van der Waals surface area contributed by atoms with Crippen LogP contribution in [0.5, 0.6) is 0 Å². The van der Waals surface area contributed by atoms with Crippen molar-refractivity contribution in [2.45, 2.75) is 78.1 Å². The SMILES string of the molecule is CCCCCC[C@@]1(C)CCCCCC1=O. The Hall–Kier alpha value is -0.330. The lowest BCUT2D eigenvalue weighted by atomic mass is 9.77. The van der Waals surface area contributed by atoms with Gasteiger partial charge >= 0.3 is 0 Å². The predicted octanol–water partition coefficient (Wildman–Crippen LogP) is 4.50. The average Bonchev–Trinajstić information content (AvgIpc) is 2.38. The van der Waals surface area contributed by atoms with Crippen molar-refractivity contribution in [2.75, 3.05) is 0 Å². The number of carbonyl (C=O) groups excluding carboxylic acids is 1. The van der Waals surface area contributed by atoms with Gasteiger partial charge in [-0.25, -0.2) is 0 Å². The lowest BCUT2D eigenvalue weighted by Crippen LogP contribution is -2.26. The molecule has 1 nitrogen and oxygen atoms in total. The minimum atomic E-state index is 0.0320. The summed E-state index contributed by atoms with van der Waals surface area (Å²) in [4.78, 5) is 12.0. The molecule has 15 heavy (non-hydrogen) atoms. The van der Waals surface area contributed by atoms with Crippen molar-refractivity contribution in [3.05, 3.63) is 0 Å². The quantitative estimate of drug-likeness (QED) is 0.482. The molecule has 88 valence electrons. The Kier molecular flexibility index (Phi) is 5.35. The molecular weight excluding hydrogens is 184 g/mol. The number of rotatable bonds is 5. The van der Waals surface area contributed by atoms with Crippen molar-refractivity contribution >= 4 is 5.78 Å². The fourth-order valence-corrected chi connectivity index (χ4v) is 2.63. The van der Waals surface area contributed by atoms with Gasteiger partial charge in [-0.3, -0.25) is 4.79 Å². The third-order valence-corrected chi connectivity index (χ3v) is 3.89. The van der Waals surface area contributed by atoms with E-state index in [9.17, 15) is 4.79 Å². The number of unbranched alkanes of at least 4 members (excludes halogenated alkanes) is 3. The van der Waals surface area contributed by atoms with E-state index in [0.29, 0.717) is 5.78 Å². The first-order chi connectivity index (χ1) is 7.19. The van der Waals surface area contributed by atoms with E-state index in [1.807, 2.05) is 0 Å². The summed E-state index contributed by atoms with van der Waals surface area (Å²) in [5, 5.41) is 0. The van der Waals surface area contributed by atoms with Gasteiger partial charge in [0.15, 0.2) is 0 Å². The fourth-order valence-electron chi connectivity index (χ4n) is 2.63. The molecule has 0 amide bonds. The van der Waals surface area contributed by atoms with Crippen molar-refractivity contribution in [3.63, 3.8) is 0 Å². The highest BCUT2D eigenvalue weighted by Gasteiger charge is 2.32. The van der Waals surface area contributed by atoms with Crippen LogP contribution in [0.1, 0.15) is 78.1 Å². The van der Waals surface area contributed by atoms with E-state index in [4.69, 9.17) is 0 Å². The zero-order valence-corrected chi connectivity index (χ0v) is 10.5. The van der Waals surface area contributed by atoms with E-state index in [0.717, 1.165) is 25.7 Å². The van der Waals surface area contributed by atoms with Crippen LogP contribution >= 0.6 is 0 Å². The maximum absolute atomic E-state index is 12.0. The van der Waals surface area contributed by atoms with Crippen LogP contribution in [0.3, 0.4) is 0 Å². The number of hydrogen-bond donors (Lipinski definition) is 0. The Bertz CT molecular complexity index is 198. The van der Waals surface area contributed by atoms with Gasteiger partial charge in [0.05, 0.1) is 0 Å². The minimum Gasteiger partial charge on any atom is -0.299 e. The van der Waals surface area contributed by atoms with Crippen LogP contribution in [0.15, 0.2) is 0 Å². The molecule has 0 saturated heterocycles. The number of Topliss-reactive ketones (excluding diaryl/α,β-unsaturated/α-hetero) is 1. The van der Waals surface area contributed by atoms with E-state index < -0.39 is 0 Å². The molecule has 1 atom stereocenters. The zero-order chi connectivity index (χ0) is 11.1. The molecule has 0 N–H and O–H groups in total. The van der Waals surface area contributed by atoms with Gasteiger partial charge in [-0.2, -0.15) is 0 Å². The Morgan fingerprint density at radius 2 is 1.93 bits per heavy atom. The molecule has 0 heterocycles. The molecule has 0 radical (unpaired) electrons. The molecule has 0 bridgehead atoms. The summed E-state index contributed by atoms with van der Waals surface area (Å²) in [6, 6.07) is 0. The number of hydrogen-bond acceptors (Lipinski definition) is 1. The van der Waals surface area contributed by atoms with Crippen LogP contribution in [-0.2, 0) is 4.79 Å². The van der Waals surface area contributed by atoms with Gasteiger partial charge in [0.2, 0.25) is 0 Å². The van der Waals surface area contributed by atoms with Crippen molar-refractivity contribution in [3.8, 4) is 0 Å². The molecule has 1 heteroatoms. The number of ketones is 1. The van der Waals surface area contributed by atoms with Gasteiger partial charge in [0, 0.05) is 11.8 Å². The van der Waals surface area contributed by atoms with Crippen LogP contribution in [0.25, 0.3) is 0 Å². The second kappa shape index (κ2) is 6.30. The van der Waals surface area contributed by atoms with E-state index in [1.165, 1.54) is 38.5 Å². The van der Waals surface area contributed by atoms with Crippen molar-refractivity contribution in [1.82, 2.24) is 0 Å². The van der Waals surface area contributed by atoms with Crippen molar-refractivity contribution < 1.29 is 4.79 Å². The van der Waals surface area contributed by atoms with Crippen LogP contribution in [-0.4, -0.2) is 5.78 Å². The highest BCUT2D eigenvalue weighted by atomic mass is 16.1. The third-order valence-electron chi connectivity index (χ3n) is 3.89. The minimum absolute atomic E-state index is 0.0320. The third kappa shape index (κ3) is 3.96. The first kappa shape index (κ1) is 12.7. The molecule has 0 aromatic heterocycles. The van der Waals surface area contributed by atoms with Crippen molar-refractivity contribution in [2.24, 2.45) is 5.41 Å². The molecule has 1 fully saturated rings. The molecule has 1 rings (SSSR count). The predicted molar refractivity (Wildman–Crippen MR) is 65.0 cm³/mol. The smallest absolute Gasteiger partial charge is 0.138 e. The van der Waals surface area contributed by atoms with Gasteiger partial charge in [0.1, 0.15) is 5.78 Å². The highest BCUT2D eigenvalue weighted by molar-refractivity contribution is 5.84. The molecule has 1 aliphatic rings. The molecule has 1 aliphatic carbocycles. The monoisotopic (exact) mass is 210 g/mol. The molecular formula is C14H26O. The molecule has 0 spiro atoms. The lowest BCUT2D eigenvalue weighted by Gasteiger charge is -2.26. The second-order valence-electron chi connectivity index (χ2n) is 5.36. The standard InChI is InChI=1S/C14H26O/c1-3-4-5-8-11-14(2)12-9-6-7-10-13(14)15/h3-12H2,1-2H3/t14-/m0/s1. The van der Waals surface area contributed by atoms with Crippen LogP contribution in [0.2, 0.25) is 0 Å². The largest absolute Gasteiger partial charge is 0.299 e. The Morgan fingerprint density at radius 1 is 1.13 bits per heavy atom. The van der Waals surface area contributed by atoms with Gasteiger partial charge < -0.3 is 0 Å². The summed E-state index contributed by atoms with van der Waals surface area (Å²) in [5.41, 5.74) is 0.0320. The Balaban J connectivity index is 2.36. The first-order valence-electron chi connectivity index (χ1n) is 6.72. The van der Waals surface area contributed by atoms with E-state index in [2.05, 4.69) is 13.8 Å². The summed E-state index contributed by atoms with van der Waals surface area (Å²) in [7, 11) is 0. The normalized spacial score (nSPS) is 27.7. The maximum atomic E-state index is 12.0. The average molecular weight is 210 g/mol. The summed E-state index contributed by atoms with van der Waals surface area (Å²) in [6.07, 6.45) is 11.9. The van der Waals surface area contributed by atoms with Crippen LogP contribution < -0.4 is 0 Å².